The molecule has 1 fully saturated rings. The summed E-state index contributed by atoms with van der Waals surface area (Å²) in [5, 5.41) is 3.69. The fourth-order valence-electron chi connectivity index (χ4n) is 2.49. The third-order valence-corrected chi connectivity index (χ3v) is 3.53. The molecule has 96 valence electrons. The minimum Gasteiger partial charge on any atom is -0.378 e. The first-order chi connectivity index (χ1) is 7.50. The van der Waals surface area contributed by atoms with Gasteiger partial charge in [-0.25, -0.2) is 0 Å². The third kappa shape index (κ3) is 4.40. The Morgan fingerprint density at radius 1 is 1.38 bits per heavy atom. The van der Waals surface area contributed by atoms with Gasteiger partial charge in [0.15, 0.2) is 0 Å². The predicted octanol–water partition coefficient (Wildman–Crippen LogP) is 1.73. The molecule has 1 aliphatic heterocycles. The maximum absolute atomic E-state index is 5.56. The summed E-state index contributed by atoms with van der Waals surface area (Å²) in [7, 11) is 4.33. The molecule has 0 aliphatic carbocycles. The van der Waals surface area contributed by atoms with Gasteiger partial charge in [-0.05, 0) is 39.8 Å². The van der Waals surface area contributed by atoms with Crippen LogP contribution in [0.5, 0.6) is 0 Å². The molecule has 0 saturated carbocycles. The van der Waals surface area contributed by atoms with Crippen molar-refractivity contribution in [2.24, 2.45) is 5.92 Å². The van der Waals surface area contributed by atoms with E-state index >= 15 is 0 Å². The highest BCUT2D eigenvalue weighted by atomic mass is 16.5. The molecule has 0 aromatic rings. The molecule has 3 nitrogen and oxygen atoms in total. The first-order valence-corrected chi connectivity index (χ1v) is 6.52. The second-order valence-corrected chi connectivity index (χ2v) is 5.59. The van der Waals surface area contributed by atoms with Crippen molar-refractivity contribution in [3.8, 4) is 0 Å². The monoisotopic (exact) mass is 228 g/mol. The Morgan fingerprint density at radius 2 is 2.06 bits per heavy atom. The summed E-state index contributed by atoms with van der Waals surface area (Å²) >= 11 is 0. The Labute approximate surface area is 101 Å². The SMILES string of the molecule is CC1CC(NCC(C(C)C)N(C)C)CCO1. The molecule has 1 aliphatic rings. The van der Waals surface area contributed by atoms with Crippen LogP contribution in [0.15, 0.2) is 0 Å². The fraction of sp³-hybridized carbons (Fsp3) is 1.00. The van der Waals surface area contributed by atoms with Crippen molar-refractivity contribution >= 4 is 0 Å². The van der Waals surface area contributed by atoms with Crippen LogP contribution >= 0.6 is 0 Å². The second kappa shape index (κ2) is 6.58. The average molecular weight is 228 g/mol. The van der Waals surface area contributed by atoms with Crippen molar-refractivity contribution in [3.05, 3.63) is 0 Å². The molecule has 0 amide bonds. The van der Waals surface area contributed by atoms with Crippen molar-refractivity contribution in [1.82, 2.24) is 10.2 Å². The van der Waals surface area contributed by atoms with Gasteiger partial charge >= 0.3 is 0 Å². The van der Waals surface area contributed by atoms with Gasteiger partial charge < -0.3 is 15.0 Å². The molecule has 16 heavy (non-hydrogen) atoms. The van der Waals surface area contributed by atoms with Crippen molar-refractivity contribution < 1.29 is 4.74 Å². The van der Waals surface area contributed by atoms with E-state index < -0.39 is 0 Å². The number of rotatable bonds is 5. The van der Waals surface area contributed by atoms with Crippen LogP contribution in [0.3, 0.4) is 0 Å². The highest BCUT2D eigenvalue weighted by Crippen LogP contribution is 2.14. The van der Waals surface area contributed by atoms with Crippen LogP contribution in [0, 0.1) is 5.92 Å². The molecule has 1 N–H and O–H groups in total. The summed E-state index contributed by atoms with van der Waals surface area (Å²) in [5.41, 5.74) is 0. The summed E-state index contributed by atoms with van der Waals surface area (Å²) < 4.78 is 5.56. The van der Waals surface area contributed by atoms with Gasteiger partial charge in [0, 0.05) is 25.2 Å². The maximum atomic E-state index is 5.56. The molecular formula is C13H28N2O. The topological polar surface area (TPSA) is 24.5 Å². The lowest BCUT2D eigenvalue weighted by Gasteiger charge is -2.33. The first kappa shape index (κ1) is 13.9. The Morgan fingerprint density at radius 3 is 2.56 bits per heavy atom. The standard InChI is InChI=1S/C13H28N2O/c1-10(2)13(15(4)5)9-14-12-6-7-16-11(3)8-12/h10-14H,6-9H2,1-5H3. The molecule has 1 rings (SSSR count). The molecule has 3 atom stereocenters. The maximum Gasteiger partial charge on any atom is 0.0561 e. The molecule has 3 heteroatoms. The zero-order valence-electron chi connectivity index (χ0n) is 11.5. The fourth-order valence-corrected chi connectivity index (χ4v) is 2.49. The van der Waals surface area contributed by atoms with Gasteiger partial charge in [-0.1, -0.05) is 13.8 Å². The summed E-state index contributed by atoms with van der Waals surface area (Å²) in [5.74, 6) is 0.694. The van der Waals surface area contributed by atoms with Crippen molar-refractivity contribution in [2.45, 2.75) is 51.8 Å². The van der Waals surface area contributed by atoms with Crippen LogP contribution in [0.2, 0.25) is 0 Å². The zero-order chi connectivity index (χ0) is 12.1. The van der Waals surface area contributed by atoms with Crippen LogP contribution < -0.4 is 5.32 Å². The van der Waals surface area contributed by atoms with Crippen LogP contribution in [0.1, 0.15) is 33.6 Å². The van der Waals surface area contributed by atoms with Gasteiger partial charge in [0.25, 0.3) is 0 Å². The number of nitrogens with zero attached hydrogens (tertiary/aromatic N) is 1. The largest absolute Gasteiger partial charge is 0.378 e. The van der Waals surface area contributed by atoms with Crippen LogP contribution in [-0.2, 0) is 4.74 Å². The highest BCUT2D eigenvalue weighted by Gasteiger charge is 2.21. The van der Waals surface area contributed by atoms with Crippen molar-refractivity contribution in [1.29, 1.82) is 0 Å². The molecule has 0 aromatic heterocycles. The minimum atomic E-state index is 0.420. The Bertz CT molecular complexity index is 186. The Kier molecular flexibility index (Phi) is 5.73. The summed E-state index contributed by atoms with van der Waals surface area (Å²) in [6, 6.07) is 1.27. The number of hydrogen-bond donors (Lipinski definition) is 1. The van der Waals surface area contributed by atoms with E-state index in [0.717, 1.165) is 26.0 Å². The van der Waals surface area contributed by atoms with Gasteiger partial charge in [0.1, 0.15) is 0 Å². The van der Waals surface area contributed by atoms with Gasteiger partial charge in [-0.15, -0.1) is 0 Å². The van der Waals surface area contributed by atoms with E-state index in [4.69, 9.17) is 4.74 Å². The average Bonchev–Trinajstić information content (AvgIpc) is 2.16. The van der Waals surface area contributed by atoms with Crippen LogP contribution in [-0.4, -0.2) is 50.3 Å². The predicted molar refractivity (Wildman–Crippen MR) is 68.8 cm³/mol. The van der Waals surface area contributed by atoms with E-state index in [1.165, 1.54) is 0 Å². The van der Waals surface area contributed by atoms with E-state index in [1.54, 1.807) is 0 Å². The van der Waals surface area contributed by atoms with Crippen molar-refractivity contribution in [2.75, 3.05) is 27.2 Å². The summed E-state index contributed by atoms with van der Waals surface area (Å²) in [6.07, 6.45) is 2.73. The third-order valence-electron chi connectivity index (χ3n) is 3.53. The lowest BCUT2D eigenvalue weighted by Crippen LogP contribution is -2.47. The molecule has 3 unspecified atom stereocenters. The van der Waals surface area contributed by atoms with Gasteiger partial charge in [0.05, 0.1) is 6.10 Å². The van der Waals surface area contributed by atoms with E-state index in [2.05, 4.69) is 45.1 Å². The summed E-state index contributed by atoms with van der Waals surface area (Å²) in [6.45, 7) is 8.74. The number of ether oxygens (including phenoxy) is 1. The Balaban J connectivity index is 2.31. The van der Waals surface area contributed by atoms with Gasteiger partial charge in [-0.3, -0.25) is 0 Å². The molecule has 0 radical (unpaired) electrons. The first-order valence-electron chi connectivity index (χ1n) is 6.52. The second-order valence-electron chi connectivity index (χ2n) is 5.59. The molecule has 1 heterocycles. The van der Waals surface area contributed by atoms with Crippen LogP contribution in [0.25, 0.3) is 0 Å². The van der Waals surface area contributed by atoms with E-state index in [-0.39, 0.29) is 0 Å². The van der Waals surface area contributed by atoms with E-state index in [9.17, 15) is 0 Å². The van der Waals surface area contributed by atoms with Gasteiger partial charge in [0.2, 0.25) is 0 Å². The zero-order valence-corrected chi connectivity index (χ0v) is 11.5. The van der Waals surface area contributed by atoms with Crippen molar-refractivity contribution in [3.63, 3.8) is 0 Å². The highest BCUT2D eigenvalue weighted by molar-refractivity contribution is 4.79. The summed E-state index contributed by atoms with van der Waals surface area (Å²) in [4.78, 5) is 2.32. The van der Waals surface area contributed by atoms with E-state index in [0.29, 0.717) is 24.1 Å². The smallest absolute Gasteiger partial charge is 0.0561 e. The lowest BCUT2D eigenvalue weighted by molar-refractivity contribution is 0.0119. The Hall–Kier alpha value is -0.120. The van der Waals surface area contributed by atoms with E-state index in [1.807, 2.05) is 0 Å². The minimum absolute atomic E-state index is 0.420. The molecule has 0 bridgehead atoms. The van der Waals surface area contributed by atoms with Gasteiger partial charge in [-0.2, -0.15) is 0 Å². The molecule has 1 saturated heterocycles. The quantitative estimate of drug-likeness (QED) is 0.775. The lowest BCUT2D eigenvalue weighted by atomic mass is 10.0. The van der Waals surface area contributed by atoms with Crippen LogP contribution in [0.4, 0.5) is 0 Å². The number of likely N-dealkylation sites (N-methyl/N-ethyl adjacent to an activating group) is 1. The number of nitrogens with one attached hydrogen (secondary N) is 1. The normalized spacial score (nSPS) is 28.7. The molecule has 0 spiro atoms. The number of hydrogen-bond acceptors (Lipinski definition) is 3. The molecular weight excluding hydrogens is 200 g/mol. The molecule has 0 aromatic carbocycles.